The number of hydrogen-bond acceptors (Lipinski definition) is 7. The van der Waals surface area contributed by atoms with E-state index in [1.807, 2.05) is 24.3 Å². The van der Waals surface area contributed by atoms with Gasteiger partial charge in [0, 0.05) is 39.3 Å². The van der Waals surface area contributed by atoms with E-state index < -0.39 is 0 Å². The summed E-state index contributed by atoms with van der Waals surface area (Å²) in [7, 11) is 0. The average Bonchev–Trinajstić information content (AvgIpc) is 3.20. The van der Waals surface area contributed by atoms with Crippen molar-refractivity contribution in [3.05, 3.63) is 70.1 Å². The first-order valence-corrected chi connectivity index (χ1v) is 9.91. The minimum Gasteiger partial charge on any atom is -0.329 e. The maximum absolute atomic E-state index is 8.09. The standard InChI is InChI=1S/C13H14N4.C6H10N4.C2H8N2/c1-14-10-16-8-9-17(11-15-2)13(16)12-6-4-3-5-7-12;1-8-6-10-5-4-9-3-2-7;3-1-2-4/h3-7,13H,8-11H2;9-10H,3-6H2;1-4H2. The molecule has 0 radical (unpaired) electrons. The van der Waals surface area contributed by atoms with Gasteiger partial charge in [-0.3, -0.25) is 14.5 Å². The van der Waals surface area contributed by atoms with E-state index in [-0.39, 0.29) is 6.17 Å². The molecule has 0 atom stereocenters. The SMILES string of the molecule is NCCN.[C-]#[N+]CN1CCN(C[N+]#[C-])C1c1ccccc1.[C-]#[N+]CNCCNCC#N. The summed E-state index contributed by atoms with van der Waals surface area (Å²) in [4.78, 5) is 14.3. The number of nitrogens with one attached hydrogen (secondary N) is 2. The highest BCUT2D eigenvalue weighted by atomic mass is 15.4. The molecule has 0 bridgehead atoms. The van der Waals surface area contributed by atoms with Crippen LogP contribution in [0.25, 0.3) is 14.5 Å². The van der Waals surface area contributed by atoms with Crippen LogP contribution in [0.3, 0.4) is 0 Å². The number of rotatable bonds is 9. The lowest BCUT2D eigenvalue weighted by molar-refractivity contribution is 0.159. The number of nitrogens with two attached hydrogens (primary N) is 2. The molecule has 0 aliphatic carbocycles. The van der Waals surface area contributed by atoms with E-state index >= 15 is 0 Å². The van der Waals surface area contributed by atoms with Crippen LogP contribution in [-0.4, -0.2) is 75.6 Å². The largest absolute Gasteiger partial charge is 0.329 e. The lowest BCUT2D eigenvalue weighted by Crippen LogP contribution is -2.30. The zero-order valence-corrected chi connectivity index (χ0v) is 17.9. The first kappa shape index (κ1) is 27.9. The fourth-order valence-electron chi connectivity index (χ4n) is 2.71. The highest BCUT2D eigenvalue weighted by Crippen LogP contribution is 2.29. The molecule has 6 N–H and O–H groups in total. The summed E-state index contributed by atoms with van der Waals surface area (Å²) in [5.74, 6) is 0. The summed E-state index contributed by atoms with van der Waals surface area (Å²) in [6.07, 6.45) is 0.0828. The maximum atomic E-state index is 8.09. The zero-order chi connectivity index (χ0) is 23.2. The molecule has 1 aliphatic heterocycles. The molecule has 1 fully saturated rings. The number of benzene rings is 1. The van der Waals surface area contributed by atoms with Crippen molar-refractivity contribution in [2.45, 2.75) is 6.17 Å². The normalized spacial score (nSPS) is 13.4. The Balaban J connectivity index is 0.000000548. The third-order valence-electron chi connectivity index (χ3n) is 4.01. The van der Waals surface area contributed by atoms with Gasteiger partial charge in [0.25, 0.3) is 20.0 Å². The van der Waals surface area contributed by atoms with E-state index in [9.17, 15) is 0 Å². The molecule has 1 heterocycles. The molecule has 1 aliphatic rings. The van der Waals surface area contributed by atoms with Crippen molar-refractivity contribution in [3.8, 4) is 6.07 Å². The number of hydrogen-bond donors (Lipinski definition) is 4. The smallest absolute Gasteiger partial charge is 0.272 e. The van der Waals surface area contributed by atoms with E-state index in [0.29, 0.717) is 39.6 Å². The topological polar surface area (TPSA) is 119 Å². The summed E-state index contributed by atoms with van der Waals surface area (Å²) in [6, 6.07) is 12.1. The molecule has 1 aromatic carbocycles. The van der Waals surface area contributed by atoms with Gasteiger partial charge in [-0.05, 0) is 5.56 Å². The fraction of sp³-hybridized carbons (Fsp3) is 0.524. The predicted molar refractivity (Wildman–Crippen MR) is 122 cm³/mol. The van der Waals surface area contributed by atoms with Gasteiger partial charge in [0.05, 0.1) is 12.6 Å². The Morgan fingerprint density at radius 2 is 1.48 bits per heavy atom. The highest BCUT2D eigenvalue weighted by molar-refractivity contribution is 5.20. The van der Waals surface area contributed by atoms with Crippen molar-refractivity contribution in [1.82, 2.24) is 20.4 Å². The Labute approximate surface area is 185 Å². The van der Waals surface area contributed by atoms with E-state index in [2.05, 4.69) is 47.1 Å². The third kappa shape index (κ3) is 13.0. The van der Waals surface area contributed by atoms with Gasteiger partial charge in [-0.1, -0.05) is 30.3 Å². The molecule has 10 nitrogen and oxygen atoms in total. The minimum absolute atomic E-state index is 0.0828. The molecule has 0 unspecified atom stereocenters. The molecule has 1 saturated heterocycles. The van der Waals surface area contributed by atoms with Gasteiger partial charge < -0.3 is 16.8 Å². The lowest BCUT2D eigenvalue weighted by atomic mass is 10.1. The molecule has 1 aromatic rings. The first-order chi connectivity index (χ1) is 15.2. The Bertz CT molecular complexity index is 682. The van der Waals surface area contributed by atoms with E-state index in [0.717, 1.165) is 31.7 Å². The second-order valence-corrected chi connectivity index (χ2v) is 6.24. The Hall–Kier alpha value is -3.06. The Kier molecular flexibility index (Phi) is 18.2. The van der Waals surface area contributed by atoms with Crippen molar-refractivity contribution >= 4 is 0 Å². The quantitative estimate of drug-likeness (QED) is 0.259. The van der Waals surface area contributed by atoms with Crippen molar-refractivity contribution in [2.75, 3.05) is 65.8 Å². The summed E-state index contributed by atoms with van der Waals surface area (Å²) >= 11 is 0. The summed E-state index contributed by atoms with van der Waals surface area (Å²) in [5, 5.41) is 13.8. The predicted octanol–water partition coefficient (Wildman–Crippen LogP) is 0.526. The molecule has 10 heteroatoms. The van der Waals surface area contributed by atoms with Crippen LogP contribution in [0.2, 0.25) is 0 Å². The van der Waals surface area contributed by atoms with Gasteiger partial charge in [-0.25, -0.2) is 34.8 Å². The first-order valence-electron chi connectivity index (χ1n) is 9.91. The molecular formula is C21H32N10. The Morgan fingerprint density at radius 3 is 1.94 bits per heavy atom. The highest BCUT2D eigenvalue weighted by Gasteiger charge is 2.35. The van der Waals surface area contributed by atoms with Gasteiger partial charge in [-0.15, -0.1) is 0 Å². The van der Waals surface area contributed by atoms with Crippen LogP contribution in [0.15, 0.2) is 30.3 Å². The van der Waals surface area contributed by atoms with E-state index in [4.69, 9.17) is 36.4 Å². The van der Waals surface area contributed by atoms with Gasteiger partial charge >= 0.3 is 0 Å². The van der Waals surface area contributed by atoms with Crippen LogP contribution in [0, 0.1) is 31.0 Å². The molecule has 166 valence electrons. The summed E-state index contributed by atoms with van der Waals surface area (Å²) < 4.78 is 0. The van der Waals surface area contributed by atoms with Crippen molar-refractivity contribution in [3.63, 3.8) is 0 Å². The van der Waals surface area contributed by atoms with Gasteiger partial charge in [0.15, 0.2) is 0 Å². The lowest BCUT2D eigenvalue weighted by Gasteiger charge is -2.24. The van der Waals surface area contributed by atoms with Gasteiger partial charge in [-0.2, -0.15) is 5.26 Å². The van der Waals surface area contributed by atoms with Crippen LogP contribution in [-0.2, 0) is 0 Å². The van der Waals surface area contributed by atoms with Crippen molar-refractivity contribution in [1.29, 1.82) is 5.26 Å². The van der Waals surface area contributed by atoms with Crippen LogP contribution in [0.4, 0.5) is 0 Å². The van der Waals surface area contributed by atoms with Crippen LogP contribution in [0.5, 0.6) is 0 Å². The van der Waals surface area contributed by atoms with E-state index in [1.54, 1.807) is 0 Å². The number of nitrogens with zero attached hydrogens (tertiary/aromatic N) is 6. The molecule has 31 heavy (non-hydrogen) atoms. The van der Waals surface area contributed by atoms with E-state index in [1.165, 1.54) is 0 Å². The molecule has 2 rings (SSSR count). The fourth-order valence-corrected chi connectivity index (χ4v) is 2.71. The van der Waals surface area contributed by atoms with Crippen molar-refractivity contribution < 1.29 is 0 Å². The minimum atomic E-state index is 0.0828. The monoisotopic (exact) mass is 424 g/mol. The molecule has 0 saturated carbocycles. The summed E-state index contributed by atoms with van der Waals surface area (Å²) in [6.45, 7) is 26.3. The Morgan fingerprint density at radius 1 is 0.935 bits per heavy atom. The van der Waals surface area contributed by atoms with Crippen LogP contribution in [0.1, 0.15) is 11.7 Å². The average molecular weight is 425 g/mol. The van der Waals surface area contributed by atoms with Gasteiger partial charge in [0.2, 0.25) is 0 Å². The third-order valence-corrected chi connectivity index (χ3v) is 4.01. The molecule has 0 aromatic heterocycles. The second-order valence-electron chi connectivity index (χ2n) is 6.24. The van der Waals surface area contributed by atoms with Crippen molar-refractivity contribution in [2.24, 2.45) is 11.5 Å². The van der Waals surface area contributed by atoms with Crippen LogP contribution >= 0.6 is 0 Å². The maximum Gasteiger partial charge on any atom is 0.272 e. The zero-order valence-electron chi connectivity index (χ0n) is 17.9. The second kappa shape index (κ2) is 20.2. The molecule has 0 amide bonds. The summed E-state index contributed by atoms with van der Waals surface area (Å²) in [5.41, 5.74) is 11.0. The van der Waals surface area contributed by atoms with Gasteiger partial charge in [0.1, 0.15) is 6.17 Å². The number of nitriles is 1. The van der Waals surface area contributed by atoms with Crippen LogP contribution < -0.4 is 22.1 Å². The molecular weight excluding hydrogens is 392 g/mol. The molecule has 0 spiro atoms.